The van der Waals surface area contributed by atoms with Crippen LogP contribution in [0.4, 0.5) is 0 Å². The van der Waals surface area contributed by atoms with Crippen LogP contribution in [0.25, 0.3) is 11.3 Å². The third kappa shape index (κ3) is 5.01. The monoisotopic (exact) mass is 370 g/mol. The summed E-state index contributed by atoms with van der Waals surface area (Å²) in [6.07, 6.45) is 2.32. The van der Waals surface area contributed by atoms with Crippen LogP contribution in [-0.2, 0) is 17.8 Å². The van der Waals surface area contributed by atoms with E-state index >= 15 is 0 Å². The third-order valence-electron chi connectivity index (χ3n) is 3.92. The summed E-state index contributed by atoms with van der Waals surface area (Å²) in [6, 6.07) is 11.6. The molecule has 0 saturated carbocycles. The summed E-state index contributed by atoms with van der Waals surface area (Å²) >= 11 is 1.53. The Hall–Kier alpha value is -2.49. The molecular weight excluding hydrogens is 351 g/mol. The molecule has 3 rings (SSSR count). The Morgan fingerprint density at radius 1 is 1.27 bits per heavy atom. The topological polar surface area (TPSA) is 100 Å². The van der Waals surface area contributed by atoms with Crippen molar-refractivity contribution in [3.05, 3.63) is 58.9 Å². The van der Waals surface area contributed by atoms with Crippen LogP contribution in [0.1, 0.15) is 12.0 Å². The first kappa shape index (κ1) is 18.3. The summed E-state index contributed by atoms with van der Waals surface area (Å²) in [6.45, 7) is 0.359. The van der Waals surface area contributed by atoms with Gasteiger partial charge < -0.3 is 15.4 Å². The molecule has 0 aliphatic rings. The zero-order valence-electron chi connectivity index (χ0n) is 14.0. The molecule has 1 aromatic carbocycles. The van der Waals surface area contributed by atoms with Gasteiger partial charge in [-0.2, -0.15) is 11.3 Å². The van der Waals surface area contributed by atoms with Crippen LogP contribution in [0.5, 0.6) is 0 Å². The number of nitrogens with one attached hydrogen (secondary N) is 1. The van der Waals surface area contributed by atoms with Crippen molar-refractivity contribution in [1.29, 1.82) is 0 Å². The summed E-state index contributed by atoms with van der Waals surface area (Å²) in [5.41, 5.74) is 2.66. The molecule has 3 N–H and O–H groups in total. The van der Waals surface area contributed by atoms with Gasteiger partial charge in [0.1, 0.15) is 5.69 Å². The second-order valence-electron chi connectivity index (χ2n) is 5.91. The Morgan fingerprint density at radius 3 is 2.77 bits per heavy atom. The van der Waals surface area contributed by atoms with E-state index in [1.54, 1.807) is 10.9 Å². The van der Waals surface area contributed by atoms with Gasteiger partial charge in [-0.1, -0.05) is 35.5 Å². The Balaban J connectivity index is 1.52. The van der Waals surface area contributed by atoms with Gasteiger partial charge in [-0.05, 0) is 28.8 Å². The van der Waals surface area contributed by atoms with Gasteiger partial charge in [0, 0.05) is 12.0 Å². The molecule has 1 amide bonds. The Morgan fingerprint density at radius 2 is 2.08 bits per heavy atom. The van der Waals surface area contributed by atoms with Gasteiger partial charge in [0.05, 0.1) is 18.7 Å². The van der Waals surface area contributed by atoms with E-state index in [2.05, 4.69) is 15.6 Å². The van der Waals surface area contributed by atoms with Gasteiger partial charge in [-0.15, -0.1) is 5.10 Å². The SMILES string of the molecule is O=C(CCn1cc(-c2ccccc2)nn1)NC(Cc1ccsc1)B(O)O. The second-order valence-corrected chi connectivity index (χ2v) is 6.69. The van der Waals surface area contributed by atoms with Crippen molar-refractivity contribution in [2.45, 2.75) is 25.3 Å². The van der Waals surface area contributed by atoms with Crippen molar-refractivity contribution in [3.8, 4) is 11.3 Å². The predicted molar refractivity (Wildman–Crippen MR) is 100 cm³/mol. The maximum atomic E-state index is 12.1. The highest BCUT2D eigenvalue weighted by molar-refractivity contribution is 7.07. The molecule has 1 atom stereocenters. The largest absolute Gasteiger partial charge is 0.475 e. The average molecular weight is 370 g/mol. The lowest BCUT2D eigenvalue weighted by molar-refractivity contribution is -0.121. The molecule has 26 heavy (non-hydrogen) atoms. The predicted octanol–water partition coefficient (Wildman–Crippen LogP) is 1.14. The lowest BCUT2D eigenvalue weighted by atomic mass is 9.76. The highest BCUT2D eigenvalue weighted by Gasteiger charge is 2.25. The van der Waals surface area contributed by atoms with Gasteiger partial charge in [0.2, 0.25) is 5.91 Å². The first-order valence-electron chi connectivity index (χ1n) is 8.24. The number of aromatic nitrogens is 3. The van der Waals surface area contributed by atoms with Crippen LogP contribution >= 0.6 is 11.3 Å². The van der Waals surface area contributed by atoms with E-state index in [4.69, 9.17) is 0 Å². The first-order chi connectivity index (χ1) is 12.6. The number of amides is 1. The van der Waals surface area contributed by atoms with Gasteiger partial charge in [-0.3, -0.25) is 9.48 Å². The van der Waals surface area contributed by atoms with Crippen molar-refractivity contribution in [1.82, 2.24) is 20.3 Å². The zero-order valence-corrected chi connectivity index (χ0v) is 14.8. The normalized spacial score (nSPS) is 11.9. The van der Waals surface area contributed by atoms with E-state index < -0.39 is 13.1 Å². The van der Waals surface area contributed by atoms with Crippen LogP contribution in [0.2, 0.25) is 0 Å². The summed E-state index contributed by atoms with van der Waals surface area (Å²) in [4.78, 5) is 12.1. The number of nitrogens with zero attached hydrogens (tertiary/aromatic N) is 3. The molecule has 0 fully saturated rings. The minimum atomic E-state index is -1.62. The summed E-state index contributed by atoms with van der Waals surface area (Å²) in [5, 5.41) is 33.6. The van der Waals surface area contributed by atoms with Gasteiger partial charge in [-0.25, -0.2) is 0 Å². The summed E-state index contributed by atoms with van der Waals surface area (Å²) < 4.78 is 1.60. The van der Waals surface area contributed by atoms with Crippen molar-refractivity contribution in [2.24, 2.45) is 0 Å². The summed E-state index contributed by atoms with van der Waals surface area (Å²) in [7, 11) is -1.62. The Bertz CT molecular complexity index is 824. The minimum absolute atomic E-state index is 0.171. The number of benzene rings is 1. The van der Waals surface area contributed by atoms with Crippen LogP contribution in [0.15, 0.2) is 53.4 Å². The van der Waals surface area contributed by atoms with Crippen molar-refractivity contribution < 1.29 is 14.8 Å². The first-order valence-corrected chi connectivity index (χ1v) is 9.18. The van der Waals surface area contributed by atoms with Gasteiger partial charge in [0.25, 0.3) is 0 Å². The maximum absolute atomic E-state index is 12.1. The molecule has 9 heteroatoms. The highest BCUT2D eigenvalue weighted by atomic mass is 32.1. The molecule has 0 saturated heterocycles. The molecule has 7 nitrogen and oxygen atoms in total. The van der Waals surface area contributed by atoms with E-state index in [9.17, 15) is 14.8 Å². The summed E-state index contributed by atoms with van der Waals surface area (Å²) in [5.74, 6) is -1.01. The number of aryl methyl sites for hydroxylation is 1. The third-order valence-corrected chi connectivity index (χ3v) is 4.65. The molecule has 3 aromatic rings. The number of thiophene rings is 1. The fraction of sp³-hybridized carbons (Fsp3) is 0.235. The van der Waals surface area contributed by atoms with Crippen molar-refractivity contribution in [2.75, 3.05) is 0 Å². The van der Waals surface area contributed by atoms with Crippen molar-refractivity contribution >= 4 is 24.4 Å². The van der Waals surface area contributed by atoms with Crippen LogP contribution in [-0.4, -0.2) is 44.0 Å². The Kier molecular flexibility index (Phi) is 6.16. The number of carbonyl (C=O) groups is 1. The lowest BCUT2D eigenvalue weighted by Crippen LogP contribution is -2.48. The molecule has 134 valence electrons. The average Bonchev–Trinajstić information content (AvgIpc) is 3.32. The number of rotatable bonds is 8. The molecule has 0 aliphatic carbocycles. The molecule has 0 radical (unpaired) electrons. The molecule has 0 spiro atoms. The number of hydrogen-bond acceptors (Lipinski definition) is 6. The van der Waals surface area contributed by atoms with Crippen LogP contribution < -0.4 is 5.32 Å². The quantitative estimate of drug-likeness (QED) is 0.517. The van der Waals surface area contributed by atoms with E-state index in [1.165, 1.54) is 11.3 Å². The van der Waals surface area contributed by atoms with Crippen molar-refractivity contribution in [3.63, 3.8) is 0 Å². The Labute approximate surface area is 155 Å². The molecule has 2 heterocycles. The molecule has 1 unspecified atom stereocenters. The molecule has 2 aromatic heterocycles. The highest BCUT2D eigenvalue weighted by Crippen LogP contribution is 2.15. The van der Waals surface area contributed by atoms with E-state index in [1.807, 2.05) is 47.2 Å². The number of hydrogen-bond donors (Lipinski definition) is 3. The van der Waals surface area contributed by atoms with Crippen LogP contribution in [0, 0.1) is 0 Å². The minimum Gasteiger partial charge on any atom is -0.426 e. The lowest BCUT2D eigenvalue weighted by Gasteiger charge is -2.17. The fourth-order valence-corrected chi connectivity index (χ4v) is 3.22. The second kappa shape index (κ2) is 8.75. The fourth-order valence-electron chi connectivity index (χ4n) is 2.54. The van der Waals surface area contributed by atoms with E-state index in [0.717, 1.165) is 16.8 Å². The molecule has 0 bridgehead atoms. The maximum Gasteiger partial charge on any atom is 0.475 e. The zero-order chi connectivity index (χ0) is 18.4. The molecule has 0 aliphatic heterocycles. The van der Waals surface area contributed by atoms with Gasteiger partial charge in [0.15, 0.2) is 0 Å². The van der Waals surface area contributed by atoms with Gasteiger partial charge >= 0.3 is 7.12 Å². The smallest absolute Gasteiger partial charge is 0.426 e. The number of carbonyl (C=O) groups excluding carboxylic acids is 1. The van der Waals surface area contributed by atoms with Crippen LogP contribution in [0.3, 0.4) is 0 Å². The standard InChI is InChI=1S/C17H19BN4O3S/c23-17(19-16(18(24)25)10-13-7-9-26-12-13)6-8-22-11-15(20-21-22)14-4-2-1-3-5-14/h1-5,7,9,11-12,16,24-25H,6,8,10H2,(H,19,23). The van der Waals surface area contributed by atoms with E-state index in [-0.39, 0.29) is 12.3 Å². The molecular formula is C17H19BN4O3S. The van der Waals surface area contributed by atoms with E-state index in [0.29, 0.717) is 13.0 Å².